The molecule has 1 aromatic rings. The summed E-state index contributed by atoms with van der Waals surface area (Å²) >= 11 is 0. The lowest BCUT2D eigenvalue weighted by molar-refractivity contribution is -0.159. The van der Waals surface area contributed by atoms with E-state index in [2.05, 4.69) is 9.47 Å². The third kappa shape index (κ3) is 5.73. The average molecular weight is 310 g/mol. The van der Waals surface area contributed by atoms with Crippen molar-refractivity contribution in [3.05, 3.63) is 29.8 Å². The molecule has 1 rings (SSSR count). The minimum atomic E-state index is -0.889. The maximum absolute atomic E-state index is 11.5. The molecular weight excluding hydrogens is 288 g/mol. The summed E-state index contributed by atoms with van der Waals surface area (Å²) in [5, 5.41) is 0. The van der Waals surface area contributed by atoms with Gasteiger partial charge in [-0.1, -0.05) is 12.1 Å². The molecular formula is C16H22O6. The molecule has 122 valence electrons. The maximum atomic E-state index is 11.5. The molecule has 0 aromatic heterocycles. The number of benzene rings is 1. The number of hydrogen-bond donors (Lipinski definition) is 0. The van der Waals surface area contributed by atoms with Crippen molar-refractivity contribution in [3.63, 3.8) is 0 Å². The summed E-state index contributed by atoms with van der Waals surface area (Å²) in [7, 11) is 4.11. The van der Waals surface area contributed by atoms with Crippen molar-refractivity contribution in [1.82, 2.24) is 0 Å². The molecule has 0 aliphatic heterocycles. The third-order valence-corrected chi connectivity index (χ3v) is 3.18. The molecule has 0 unspecified atom stereocenters. The minimum absolute atomic E-state index is 0.335. The van der Waals surface area contributed by atoms with E-state index in [1.165, 1.54) is 14.2 Å². The lowest BCUT2D eigenvalue weighted by Crippen LogP contribution is -2.26. The molecule has 6 nitrogen and oxygen atoms in total. The van der Waals surface area contributed by atoms with E-state index in [1.54, 1.807) is 7.11 Å². The van der Waals surface area contributed by atoms with Crippen molar-refractivity contribution < 1.29 is 28.5 Å². The van der Waals surface area contributed by atoms with Gasteiger partial charge in [-0.2, -0.15) is 0 Å². The molecule has 0 atom stereocenters. The quantitative estimate of drug-likeness (QED) is 0.394. The summed E-state index contributed by atoms with van der Waals surface area (Å²) in [5.41, 5.74) is 1.03. The topological polar surface area (TPSA) is 71.1 Å². The normalized spacial score (nSPS) is 10.4. The first-order valence-corrected chi connectivity index (χ1v) is 6.98. The fraction of sp³-hybridized carbons (Fsp3) is 0.500. The Kier molecular flexibility index (Phi) is 7.99. The molecule has 0 N–H and O–H groups in total. The highest BCUT2D eigenvalue weighted by molar-refractivity contribution is 5.94. The molecule has 0 fully saturated rings. The Morgan fingerprint density at radius 1 is 1.00 bits per heavy atom. The predicted octanol–water partition coefficient (Wildman–Crippen LogP) is 1.95. The SMILES string of the molecule is COC(=O)C(CCCOCc1ccc(OC)cc1)C(=O)OC. The van der Waals surface area contributed by atoms with Gasteiger partial charge in [-0.05, 0) is 30.5 Å². The van der Waals surface area contributed by atoms with Crippen LogP contribution in [0.2, 0.25) is 0 Å². The van der Waals surface area contributed by atoms with Crippen LogP contribution in [0.25, 0.3) is 0 Å². The molecule has 0 radical (unpaired) electrons. The zero-order chi connectivity index (χ0) is 16.4. The first-order chi connectivity index (χ1) is 10.6. The molecule has 6 heteroatoms. The van der Waals surface area contributed by atoms with E-state index in [0.29, 0.717) is 26.1 Å². The van der Waals surface area contributed by atoms with E-state index in [9.17, 15) is 9.59 Å². The summed E-state index contributed by atoms with van der Waals surface area (Å²) in [6.45, 7) is 0.904. The van der Waals surface area contributed by atoms with Gasteiger partial charge in [0.25, 0.3) is 0 Å². The van der Waals surface area contributed by atoms with Gasteiger partial charge >= 0.3 is 11.9 Å². The highest BCUT2D eigenvalue weighted by atomic mass is 16.5. The predicted molar refractivity (Wildman–Crippen MR) is 79.4 cm³/mol. The van der Waals surface area contributed by atoms with Gasteiger partial charge in [0.2, 0.25) is 0 Å². The Balaban J connectivity index is 2.30. The van der Waals surface area contributed by atoms with Gasteiger partial charge in [0.1, 0.15) is 5.75 Å². The second-order valence-electron chi connectivity index (χ2n) is 4.64. The average Bonchev–Trinajstić information content (AvgIpc) is 2.57. The van der Waals surface area contributed by atoms with Crippen LogP contribution in [0.15, 0.2) is 24.3 Å². The molecule has 1 aromatic carbocycles. The zero-order valence-corrected chi connectivity index (χ0v) is 13.2. The molecule has 0 spiro atoms. The van der Waals surface area contributed by atoms with Crippen molar-refractivity contribution in [2.24, 2.45) is 5.92 Å². The standard InChI is InChI=1S/C16H22O6/c1-19-13-8-6-12(7-9-13)11-22-10-4-5-14(15(17)20-2)16(18)21-3/h6-9,14H,4-5,10-11H2,1-3H3. The molecule has 0 saturated carbocycles. The van der Waals surface area contributed by atoms with Crippen LogP contribution in [0, 0.1) is 5.92 Å². The van der Waals surface area contributed by atoms with Gasteiger partial charge in [-0.25, -0.2) is 0 Å². The summed E-state index contributed by atoms with van der Waals surface area (Å²) in [6.07, 6.45) is 0.896. The van der Waals surface area contributed by atoms with Gasteiger partial charge in [-0.15, -0.1) is 0 Å². The molecule has 22 heavy (non-hydrogen) atoms. The highest BCUT2D eigenvalue weighted by Crippen LogP contribution is 2.13. The van der Waals surface area contributed by atoms with Crippen LogP contribution < -0.4 is 4.74 Å². The Morgan fingerprint density at radius 2 is 1.59 bits per heavy atom. The van der Waals surface area contributed by atoms with Crippen LogP contribution in [0.4, 0.5) is 0 Å². The van der Waals surface area contributed by atoms with Gasteiger partial charge < -0.3 is 18.9 Å². The number of carbonyl (C=O) groups is 2. The van der Waals surface area contributed by atoms with Crippen molar-refractivity contribution >= 4 is 11.9 Å². The Morgan fingerprint density at radius 3 is 2.09 bits per heavy atom. The van der Waals surface area contributed by atoms with E-state index in [0.717, 1.165) is 11.3 Å². The van der Waals surface area contributed by atoms with Gasteiger partial charge in [-0.3, -0.25) is 9.59 Å². The molecule has 0 saturated heterocycles. The number of carbonyl (C=O) groups excluding carboxylic acids is 2. The number of methoxy groups -OCH3 is 3. The lowest BCUT2D eigenvalue weighted by Gasteiger charge is -2.12. The van der Waals surface area contributed by atoms with Gasteiger partial charge in [0.05, 0.1) is 27.9 Å². The third-order valence-electron chi connectivity index (χ3n) is 3.18. The Labute approximate surface area is 130 Å². The first kappa shape index (κ1) is 18.0. The van der Waals surface area contributed by atoms with Crippen molar-refractivity contribution in [2.45, 2.75) is 19.4 Å². The summed E-state index contributed by atoms with van der Waals surface area (Å²) in [6, 6.07) is 7.57. The molecule has 0 aliphatic rings. The second-order valence-corrected chi connectivity index (χ2v) is 4.64. The van der Waals surface area contributed by atoms with E-state index in [1.807, 2.05) is 24.3 Å². The number of esters is 2. The lowest BCUT2D eigenvalue weighted by atomic mass is 10.0. The fourth-order valence-electron chi connectivity index (χ4n) is 1.92. The monoisotopic (exact) mass is 310 g/mol. The second kappa shape index (κ2) is 9.78. The molecule has 0 aliphatic carbocycles. The van der Waals surface area contributed by atoms with E-state index >= 15 is 0 Å². The van der Waals surface area contributed by atoms with Gasteiger partial charge in [0.15, 0.2) is 5.92 Å². The highest BCUT2D eigenvalue weighted by Gasteiger charge is 2.27. The van der Waals surface area contributed by atoms with E-state index < -0.39 is 17.9 Å². The molecule has 0 amide bonds. The van der Waals surface area contributed by atoms with Crippen LogP contribution in [0.1, 0.15) is 18.4 Å². The van der Waals surface area contributed by atoms with E-state index in [4.69, 9.17) is 9.47 Å². The van der Waals surface area contributed by atoms with Crippen molar-refractivity contribution in [1.29, 1.82) is 0 Å². The van der Waals surface area contributed by atoms with Crippen LogP contribution in [-0.2, 0) is 30.4 Å². The smallest absolute Gasteiger partial charge is 0.320 e. The van der Waals surface area contributed by atoms with Crippen LogP contribution >= 0.6 is 0 Å². The van der Waals surface area contributed by atoms with Crippen LogP contribution in [-0.4, -0.2) is 39.9 Å². The summed E-state index contributed by atoms with van der Waals surface area (Å²) in [5.74, 6) is -1.26. The number of hydrogen-bond acceptors (Lipinski definition) is 6. The van der Waals surface area contributed by atoms with Gasteiger partial charge in [0, 0.05) is 6.61 Å². The van der Waals surface area contributed by atoms with Crippen molar-refractivity contribution in [2.75, 3.05) is 27.9 Å². The maximum Gasteiger partial charge on any atom is 0.320 e. The molecule has 0 heterocycles. The van der Waals surface area contributed by atoms with Crippen molar-refractivity contribution in [3.8, 4) is 5.75 Å². The largest absolute Gasteiger partial charge is 0.497 e. The summed E-state index contributed by atoms with van der Waals surface area (Å²) < 4.78 is 19.8. The van der Waals surface area contributed by atoms with Crippen LogP contribution in [0.3, 0.4) is 0 Å². The number of rotatable bonds is 9. The fourth-order valence-corrected chi connectivity index (χ4v) is 1.92. The van der Waals surface area contributed by atoms with E-state index in [-0.39, 0.29) is 0 Å². The number of ether oxygens (including phenoxy) is 4. The Hall–Kier alpha value is -2.08. The molecule has 0 bridgehead atoms. The summed E-state index contributed by atoms with van der Waals surface area (Å²) in [4.78, 5) is 23.0. The first-order valence-electron chi connectivity index (χ1n) is 6.98. The Bertz CT molecular complexity index is 452. The minimum Gasteiger partial charge on any atom is -0.497 e. The zero-order valence-electron chi connectivity index (χ0n) is 13.2. The van der Waals surface area contributed by atoms with Crippen LogP contribution in [0.5, 0.6) is 5.75 Å².